The summed E-state index contributed by atoms with van der Waals surface area (Å²) in [6, 6.07) is 13.5. The molecule has 1 aromatic carbocycles. The minimum Gasteiger partial charge on any atom is -0.382 e. The van der Waals surface area contributed by atoms with E-state index in [9.17, 15) is 0 Å². The minimum absolute atomic E-state index is 0.547. The van der Waals surface area contributed by atoms with Gasteiger partial charge in [0.15, 0.2) is 0 Å². The number of benzene rings is 1. The Labute approximate surface area is 133 Å². The Morgan fingerprint density at radius 2 is 1.57 bits per heavy atom. The molecule has 114 valence electrons. The van der Waals surface area contributed by atoms with Crippen LogP contribution in [0.25, 0.3) is 10.4 Å². The molecule has 1 nitrogen and oxygen atoms in total. The summed E-state index contributed by atoms with van der Waals surface area (Å²) in [6.07, 6.45) is 2.44. The summed E-state index contributed by atoms with van der Waals surface area (Å²) in [6.45, 7) is 9.22. The molecule has 0 aliphatic carbocycles. The lowest BCUT2D eigenvalue weighted by molar-refractivity contribution is 0.442. The van der Waals surface area contributed by atoms with Crippen LogP contribution in [0.15, 0.2) is 41.8 Å². The highest BCUT2D eigenvalue weighted by Crippen LogP contribution is 2.32. The summed E-state index contributed by atoms with van der Waals surface area (Å²) in [5.74, 6) is 1.44. The number of rotatable bonds is 7. The van der Waals surface area contributed by atoms with E-state index >= 15 is 0 Å². The molecule has 0 aliphatic rings. The number of thiophene rings is 1. The minimum atomic E-state index is 0.547. The maximum atomic E-state index is 3.81. The maximum Gasteiger partial charge on any atom is 0.0430 e. The fourth-order valence-corrected chi connectivity index (χ4v) is 3.59. The van der Waals surface area contributed by atoms with E-state index in [0.717, 1.165) is 11.8 Å². The lowest BCUT2D eigenvalue weighted by Crippen LogP contribution is -2.23. The Hall–Kier alpha value is -1.28. The third kappa shape index (κ3) is 4.89. The Morgan fingerprint density at radius 1 is 0.905 bits per heavy atom. The predicted octanol–water partition coefficient (Wildman–Crippen LogP) is 6.29. The molecule has 1 N–H and O–H groups in total. The van der Waals surface area contributed by atoms with Crippen molar-refractivity contribution in [3.05, 3.63) is 41.8 Å². The zero-order valence-corrected chi connectivity index (χ0v) is 14.4. The smallest absolute Gasteiger partial charge is 0.0430 e. The zero-order valence-electron chi connectivity index (χ0n) is 13.6. The van der Waals surface area contributed by atoms with Gasteiger partial charge in [0.05, 0.1) is 0 Å². The molecule has 0 saturated heterocycles. The molecular formula is C19H27NS. The molecule has 21 heavy (non-hydrogen) atoms. The van der Waals surface area contributed by atoms with Gasteiger partial charge in [0, 0.05) is 22.2 Å². The van der Waals surface area contributed by atoms with E-state index in [-0.39, 0.29) is 0 Å². The number of nitrogens with one attached hydrogen (secondary N) is 1. The van der Waals surface area contributed by atoms with Crippen molar-refractivity contribution >= 4 is 17.0 Å². The second-order valence-corrected chi connectivity index (χ2v) is 7.57. The number of hydrogen-bond donors (Lipinski definition) is 1. The zero-order chi connectivity index (χ0) is 15.2. The van der Waals surface area contributed by atoms with Gasteiger partial charge in [-0.1, -0.05) is 52.0 Å². The average molecular weight is 301 g/mol. The second-order valence-electron chi connectivity index (χ2n) is 6.62. The highest BCUT2D eigenvalue weighted by atomic mass is 32.1. The van der Waals surface area contributed by atoms with E-state index in [0.29, 0.717) is 6.04 Å². The van der Waals surface area contributed by atoms with Crippen molar-refractivity contribution in [2.24, 2.45) is 11.8 Å². The molecule has 0 unspecified atom stereocenters. The van der Waals surface area contributed by atoms with E-state index in [1.165, 1.54) is 29.0 Å². The van der Waals surface area contributed by atoms with Gasteiger partial charge in [-0.15, -0.1) is 11.3 Å². The lowest BCUT2D eigenvalue weighted by Gasteiger charge is -2.24. The van der Waals surface area contributed by atoms with Gasteiger partial charge in [-0.3, -0.25) is 0 Å². The van der Waals surface area contributed by atoms with Crippen LogP contribution in [-0.2, 0) is 0 Å². The molecule has 0 spiro atoms. The number of anilines is 1. The molecule has 2 rings (SSSR count). The molecule has 0 bridgehead atoms. The quantitative estimate of drug-likeness (QED) is 0.634. The molecule has 0 fully saturated rings. The second kappa shape index (κ2) is 7.65. The van der Waals surface area contributed by atoms with Crippen LogP contribution in [0.2, 0.25) is 0 Å². The molecule has 2 aromatic rings. The van der Waals surface area contributed by atoms with Gasteiger partial charge in [0.25, 0.3) is 0 Å². The van der Waals surface area contributed by atoms with Crippen LogP contribution < -0.4 is 5.32 Å². The van der Waals surface area contributed by atoms with E-state index in [1.807, 2.05) is 0 Å². The molecule has 0 saturated carbocycles. The fourth-order valence-electron chi connectivity index (χ4n) is 2.83. The normalized spacial score (nSPS) is 11.6. The highest BCUT2D eigenvalue weighted by molar-refractivity contribution is 7.13. The summed E-state index contributed by atoms with van der Waals surface area (Å²) in [5.41, 5.74) is 2.59. The molecule has 0 aliphatic heterocycles. The fraction of sp³-hybridized carbons (Fsp3) is 0.474. The first kappa shape index (κ1) is 16.1. The standard InChI is InChI=1S/C19H27NS/c1-14(2)12-16(13-15(3)4)20-18-9-6-5-8-17(18)19-10-7-11-21-19/h5-11,14-16,20H,12-13H2,1-4H3. The third-order valence-corrected chi connectivity index (χ3v) is 4.49. The van der Waals surface area contributed by atoms with Crippen LogP contribution in [0.4, 0.5) is 5.69 Å². The lowest BCUT2D eigenvalue weighted by atomic mass is 9.95. The van der Waals surface area contributed by atoms with Crippen LogP contribution in [0, 0.1) is 11.8 Å². The van der Waals surface area contributed by atoms with Crippen molar-refractivity contribution in [2.45, 2.75) is 46.6 Å². The molecule has 0 radical (unpaired) electrons. The van der Waals surface area contributed by atoms with Gasteiger partial charge in [-0.25, -0.2) is 0 Å². The van der Waals surface area contributed by atoms with Crippen molar-refractivity contribution in [2.75, 3.05) is 5.32 Å². The Morgan fingerprint density at radius 3 is 2.14 bits per heavy atom. The maximum absolute atomic E-state index is 3.81. The predicted molar refractivity (Wildman–Crippen MR) is 96.1 cm³/mol. The van der Waals surface area contributed by atoms with Crippen molar-refractivity contribution < 1.29 is 0 Å². The Balaban J connectivity index is 2.20. The Bertz CT molecular complexity index is 518. The molecular weight excluding hydrogens is 274 g/mol. The summed E-state index contributed by atoms with van der Waals surface area (Å²) >= 11 is 1.81. The number of para-hydroxylation sites is 1. The first-order valence-corrected chi connectivity index (χ1v) is 8.83. The monoisotopic (exact) mass is 301 g/mol. The third-order valence-electron chi connectivity index (χ3n) is 3.59. The van der Waals surface area contributed by atoms with Gasteiger partial charge in [-0.2, -0.15) is 0 Å². The van der Waals surface area contributed by atoms with Crippen LogP contribution in [-0.4, -0.2) is 6.04 Å². The summed E-state index contributed by atoms with van der Waals surface area (Å²) in [7, 11) is 0. The van der Waals surface area contributed by atoms with Crippen molar-refractivity contribution in [1.29, 1.82) is 0 Å². The summed E-state index contributed by atoms with van der Waals surface area (Å²) in [4.78, 5) is 1.34. The van der Waals surface area contributed by atoms with Gasteiger partial charge < -0.3 is 5.32 Å². The molecule has 2 heteroatoms. The van der Waals surface area contributed by atoms with Gasteiger partial charge in [0.2, 0.25) is 0 Å². The topological polar surface area (TPSA) is 12.0 Å². The van der Waals surface area contributed by atoms with E-state index < -0.39 is 0 Å². The SMILES string of the molecule is CC(C)CC(CC(C)C)Nc1ccccc1-c1cccs1. The molecule has 0 atom stereocenters. The van der Waals surface area contributed by atoms with E-state index in [4.69, 9.17) is 0 Å². The Kier molecular flexibility index (Phi) is 5.86. The highest BCUT2D eigenvalue weighted by Gasteiger charge is 2.15. The molecule has 1 aromatic heterocycles. The first-order chi connectivity index (χ1) is 10.1. The van der Waals surface area contributed by atoms with Crippen LogP contribution in [0.3, 0.4) is 0 Å². The molecule has 0 amide bonds. The molecule has 1 heterocycles. The summed E-state index contributed by atoms with van der Waals surface area (Å²) in [5, 5.41) is 5.95. The van der Waals surface area contributed by atoms with Crippen LogP contribution in [0.1, 0.15) is 40.5 Å². The van der Waals surface area contributed by atoms with Crippen molar-refractivity contribution in [3.63, 3.8) is 0 Å². The van der Waals surface area contributed by atoms with Gasteiger partial charge >= 0.3 is 0 Å². The van der Waals surface area contributed by atoms with E-state index in [1.54, 1.807) is 11.3 Å². The van der Waals surface area contributed by atoms with Crippen LogP contribution >= 0.6 is 11.3 Å². The van der Waals surface area contributed by atoms with E-state index in [2.05, 4.69) is 74.8 Å². The number of hydrogen-bond acceptors (Lipinski definition) is 2. The average Bonchev–Trinajstić information content (AvgIpc) is 2.91. The van der Waals surface area contributed by atoms with Gasteiger partial charge in [0.1, 0.15) is 0 Å². The van der Waals surface area contributed by atoms with Gasteiger partial charge in [-0.05, 0) is 42.2 Å². The van der Waals surface area contributed by atoms with Crippen molar-refractivity contribution in [1.82, 2.24) is 0 Å². The summed E-state index contributed by atoms with van der Waals surface area (Å²) < 4.78 is 0. The first-order valence-electron chi connectivity index (χ1n) is 7.95. The van der Waals surface area contributed by atoms with Crippen LogP contribution in [0.5, 0.6) is 0 Å². The largest absolute Gasteiger partial charge is 0.382 e. The van der Waals surface area contributed by atoms with Crippen molar-refractivity contribution in [3.8, 4) is 10.4 Å².